The van der Waals surface area contributed by atoms with Crippen molar-refractivity contribution in [2.24, 2.45) is 34.5 Å². The molecule has 178 valence electrons. The van der Waals surface area contributed by atoms with Crippen LogP contribution in [0.1, 0.15) is 64.4 Å². The van der Waals surface area contributed by atoms with Crippen molar-refractivity contribution in [2.75, 3.05) is 18.1 Å². The van der Waals surface area contributed by atoms with E-state index in [1.165, 1.54) is 25.7 Å². The maximum atomic E-state index is 13.0. The molecule has 0 radical (unpaired) electrons. The first-order valence-electron chi connectivity index (χ1n) is 12.8. The first-order chi connectivity index (χ1) is 15.6. The molecule has 3 aliphatic carbocycles. The normalized spacial score (nSPS) is 39.6. The van der Waals surface area contributed by atoms with Gasteiger partial charge in [0, 0.05) is 24.9 Å². The SMILES string of the molecule is Cc1ccc(N)c(NC(=O)C[C@H]2CC[C@H]3[C@@H]4CC[C@H]5N(C)C(=O)C=C[C@]5(C)[C@H]4CC[C@]23C)c1. The molecular weight excluding hydrogens is 410 g/mol. The minimum atomic E-state index is 0.0745. The summed E-state index contributed by atoms with van der Waals surface area (Å²) in [5.74, 6) is 2.65. The maximum absolute atomic E-state index is 13.0. The van der Waals surface area contributed by atoms with E-state index in [0.29, 0.717) is 41.8 Å². The number of carbonyl (C=O) groups is 2. The molecule has 3 saturated carbocycles. The highest BCUT2D eigenvalue weighted by atomic mass is 16.2. The number of hydrogen-bond donors (Lipinski definition) is 2. The number of anilines is 2. The lowest BCUT2D eigenvalue weighted by Gasteiger charge is -2.60. The molecule has 33 heavy (non-hydrogen) atoms. The van der Waals surface area contributed by atoms with Crippen molar-refractivity contribution in [3.8, 4) is 0 Å². The summed E-state index contributed by atoms with van der Waals surface area (Å²) >= 11 is 0. The molecule has 7 atom stereocenters. The minimum absolute atomic E-state index is 0.0745. The van der Waals surface area contributed by atoms with Crippen molar-refractivity contribution in [2.45, 2.75) is 71.8 Å². The smallest absolute Gasteiger partial charge is 0.246 e. The van der Waals surface area contributed by atoms with Crippen molar-refractivity contribution in [3.63, 3.8) is 0 Å². The number of benzene rings is 1. The highest BCUT2D eigenvalue weighted by Gasteiger charge is 2.60. The predicted molar refractivity (Wildman–Crippen MR) is 132 cm³/mol. The van der Waals surface area contributed by atoms with Crippen LogP contribution in [-0.2, 0) is 9.59 Å². The molecule has 0 unspecified atom stereocenters. The highest BCUT2D eigenvalue weighted by molar-refractivity contribution is 5.94. The minimum Gasteiger partial charge on any atom is -0.397 e. The van der Waals surface area contributed by atoms with Gasteiger partial charge < -0.3 is 16.0 Å². The summed E-state index contributed by atoms with van der Waals surface area (Å²) in [6.45, 7) is 6.86. The van der Waals surface area contributed by atoms with Gasteiger partial charge in [0.1, 0.15) is 0 Å². The topological polar surface area (TPSA) is 75.4 Å². The number of nitrogens with two attached hydrogens (primary N) is 1. The standard InChI is InChI=1S/C28H39N3O2/c1-17-5-9-22(29)23(15-17)30-25(32)16-18-6-8-20-19-7-10-24-28(3,14-12-26(33)31(24)4)21(19)11-13-27(18,20)2/h5,9,12,14-15,18-21,24H,6-8,10-11,13,16,29H2,1-4H3,(H,30,32)/t18-,19+,20+,21+,24-,27-,28-/m1/s1. The van der Waals surface area contributed by atoms with Crippen LogP contribution in [-0.4, -0.2) is 29.8 Å². The van der Waals surface area contributed by atoms with Crippen molar-refractivity contribution in [1.82, 2.24) is 4.90 Å². The van der Waals surface area contributed by atoms with Gasteiger partial charge in [-0.1, -0.05) is 26.0 Å². The van der Waals surface area contributed by atoms with Crippen LogP contribution in [0.15, 0.2) is 30.4 Å². The Hall–Kier alpha value is -2.30. The van der Waals surface area contributed by atoms with Crippen molar-refractivity contribution >= 4 is 23.2 Å². The molecule has 5 heteroatoms. The number of nitrogens with zero attached hydrogens (tertiary/aromatic N) is 1. The third kappa shape index (κ3) is 3.50. The fourth-order valence-electron chi connectivity index (χ4n) is 8.39. The number of fused-ring (bicyclic) bond motifs is 5. The molecule has 0 spiro atoms. The highest BCUT2D eigenvalue weighted by Crippen LogP contribution is 2.66. The summed E-state index contributed by atoms with van der Waals surface area (Å²) in [6.07, 6.45) is 11.7. The molecule has 0 bridgehead atoms. The van der Waals surface area contributed by atoms with Gasteiger partial charge in [0.15, 0.2) is 0 Å². The predicted octanol–water partition coefficient (Wildman–Crippen LogP) is 5.16. The van der Waals surface area contributed by atoms with Crippen LogP contribution in [0.2, 0.25) is 0 Å². The summed E-state index contributed by atoms with van der Waals surface area (Å²) < 4.78 is 0. The Balaban J connectivity index is 1.32. The Morgan fingerprint density at radius 1 is 1.15 bits per heavy atom. The molecule has 3 fully saturated rings. The molecule has 1 aliphatic heterocycles. The van der Waals surface area contributed by atoms with E-state index >= 15 is 0 Å². The largest absolute Gasteiger partial charge is 0.397 e. The lowest BCUT2D eigenvalue weighted by molar-refractivity contribution is -0.139. The van der Waals surface area contributed by atoms with Gasteiger partial charge in [-0.2, -0.15) is 0 Å². The van der Waals surface area contributed by atoms with Crippen LogP contribution >= 0.6 is 0 Å². The molecule has 5 rings (SSSR count). The Bertz CT molecular complexity index is 1000. The van der Waals surface area contributed by atoms with Crippen LogP contribution in [0, 0.1) is 41.4 Å². The molecule has 5 nitrogen and oxygen atoms in total. The second-order valence-electron chi connectivity index (χ2n) is 11.8. The quantitative estimate of drug-likeness (QED) is 0.626. The third-order valence-corrected chi connectivity index (χ3v) is 10.2. The first kappa shape index (κ1) is 22.5. The maximum Gasteiger partial charge on any atom is 0.246 e. The number of nitrogens with one attached hydrogen (secondary N) is 1. The van der Waals surface area contributed by atoms with Crippen molar-refractivity contribution < 1.29 is 9.59 Å². The van der Waals surface area contributed by atoms with Gasteiger partial charge in [-0.05, 0) is 98.3 Å². The van der Waals surface area contributed by atoms with E-state index in [1.807, 2.05) is 43.1 Å². The van der Waals surface area contributed by atoms with E-state index < -0.39 is 0 Å². The first-order valence-corrected chi connectivity index (χ1v) is 12.8. The number of carbonyl (C=O) groups excluding carboxylic acids is 2. The average Bonchev–Trinajstić information content (AvgIpc) is 3.10. The Morgan fingerprint density at radius 3 is 2.73 bits per heavy atom. The van der Waals surface area contributed by atoms with Gasteiger partial charge in [0.2, 0.25) is 11.8 Å². The number of nitrogen functional groups attached to an aromatic ring is 1. The summed E-state index contributed by atoms with van der Waals surface area (Å²) in [5.41, 5.74) is 8.84. The van der Waals surface area contributed by atoms with E-state index in [-0.39, 0.29) is 22.6 Å². The molecule has 0 aromatic heterocycles. The number of likely N-dealkylation sites (N-methyl/N-ethyl adjacent to an activating group) is 1. The molecule has 1 aromatic rings. The summed E-state index contributed by atoms with van der Waals surface area (Å²) in [6, 6.07) is 6.11. The monoisotopic (exact) mass is 449 g/mol. The van der Waals surface area contributed by atoms with E-state index in [0.717, 1.165) is 24.1 Å². The molecule has 0 saturated heterocycles. The van der Waals surface area contributed by atoms with Crippen molar-refractivity contribution in [3.05, 3.63) is 35.9 Å². The number of amides is 2. The fraction of sp³-hybridized carbons (Fsp3) is 0.643. The lowest BCUT2D eigenvalue weighted by atomic mass is 9.47. The molecule has 3 N–H and O–H groups in total. The zero-order valence-electron chi connectivity index (χ0n) is 20.6. The van der Waals surface area contributed by atoms with Crippen LogP contribution in [0.3, 0.4) is 0 Å². The Kier molecular flexibility index (Phi) is 5.37. The van der Waals surface area contributed by atoms with Crippen LogP contribution in [0.25, 0.3) is 0 Å². The fourth-order valence-corrected chi connectivity index (χ4v) is 8.39. The second kappa shape index (κ2) is 7.89. The Morgan fingerprint density at radius 2 is 1.94 bits per heavy atom. The van der Waals surface area contributed by atoms with Gasteiger partial charge in [-0.3, -0.25) is 9.59 Å². The summed E-state index contributed by atoms with van der Waals surface area (Å²) in [4.78, 5) is 27.3. The number of rotatable bonds is 3. The number of aryl methyl sites for hydroxylation is 1. The summed E-state index contributed by atoms with van der Waals surface area (Å²) in [5, 5.41) is 3.09. The summed E-state index contributed by atoms with van der Waals surface area (Å²) in [7, 11) is 1.98. The van der Waals surface area contributed by atoms with E-state index in [4.69, 9.17) is 5.73 Å². The van der Waals surface area contributed by atoms with Gasteiger partial charge in [0.05, 0.1) is 11.4 Å². The lowest BCUT2D eigenvalue weighted by Crippen LogP contribution is -2.59. The molecule has 1 aromatic carbocycles. The average molecular weight is 450 g/mol. The Labute approximate surface area is 198 Å². The van der Waals surface area contributed by atoms with E-state index in [1.54, 1.807) is 0 Å². The molecular formula is C28H39N3O2. The van der Waals surface area contributed by atoms with Crippen molar-refractivity contribution in [1.29, 1.82) is 0 Å². The zero-order chi connectivity index (χ0) is 23.5. The molecule has 1 heterocycles. The van der Waals surface area contributed by atoms with Crippen LogP contribution in [0.5, 0.6) is 0 Å². The number of hydrogen-bond acceptors (Lipinski definition) is 3. The van der Waals surface area contributed by atoms with Crippen LogP contribution < -0.4 is 11.1 Å². The van der Waals surface area contributed by atoms with Crippen LogP contribution in [0.4, 0.5) is 11.4 Å². The molecule has 2 amide bonds. The third-order valence-electron chi connectivity index (χ3n) is 10.2. The van der Waals surface area contributed by atoms with E-state index in [9.17, 15) is 9.59 Å². The second-order valence-corrected chi connectivity index (χ2v) is 11.8. The molecule has 4 aliphatic rings. The van der Waals surface area contributed by atoms with Gasteiger partial charge >= 0.3 is 0 Å². The van der Waals surface area contributed by atoms with Gasteiger partial charge in [0.25, 0.3) is 0 Å². The zero-order valence-corrected chi connectivity index (χ0v) is 20.6. The van der Waals surface area contributed by atoms with Gasteiger partial charge in [-0.25, -0.2) is 0 Å². The van der Waals surface area contributed by atoms with E-state index in [2.05, 4.69) is 25.2 Å². The van der Waals surface area contributed by atoms with Gasteiger partial charge in [-0.15, -0.1) is 0 Å².